The van der Waals surface area contributed by atoms with Gasteiger partial charge >= 0.3 is 0 Å². The summed E-state index contributed by atoms with van der Waals surface area (Å²) >= 11 is 0. The van der Waals surface area contributed by atoms with Gasteiger partial charge in [-0.3, -0.25) is 4.98 Å². The first-order valence-corrected chi connectivity index (χ1v) is 5.97. The molecule has 2 atom stereocenters. The van der Waals surface area contributed by atoms with E-state index in [-0.39, 0.29) is 12.1 Å². The Morgan fingerprint density at radius 1 is 1.11 bits per heavy atom. The highest BCUT2D eigenvalue weighted by Gasteiger charge is 2.21. The minimum Gasteiger partial charge on any atom is -0.375 e. The predicted octanol–water partition coefficient (Wildman–Crippen LogP) is 2.78. The maximum absolute atomic E-state index is 6.29. The summed E-state index contributed by atoms with van der Waals surface area (Å²) in [4.78, 5) is 4.18. The average Bonchev–Trinajstić information content (AvgIpc) is 2.41. The molecule has 1 heterocycles. The van der Waals surface area contributed by atoms with Gasteiger partial charge in [-0.1, -0.05) is 36.4 Å². The van der Waals surface area contributed by atoms with E-state index in [4.69, 9.17) is 10.5 Å². The molecule has 2 aromatic rings. The number of ether oxygens (including phenoxy) is 1. The van der Waals surface area contributed by atoms with E-state index in [2.05, 4.69) is 4.98 Å². The Hall–Kier alpha value is -1.71. The summed E-state index contributed by atoms with van der Waals surface area (Å²) in [5.41, 5.74) is 9.46. The zero-order chi connectivity index (χ0) is 13.0. The molecule has 0 radical (unpaired) electrons. The topological polar surface area (TPSA) is 48.1 Å². The van der Waals surface area contributed by atoms with E-state index >= 15 is 0 Å². The third-order valence-corrected chi connectivity index (χ3v) is 2.99. The molecule has 0 aliphatic rings. The molecule has 18 heavy (non-hydrogen) atoms. The Morgan fingerprint density at radius 2 is 1.83 bits per heavy atom. The van der Waals surface area contributed by atoms with Crippen LogP contribution in [0.5, 0.6) is 0 Å². The number of methoxy groups -OCH3 is 1. The number of nitrogens with two attached hydrogens (primary N) is 1. The van der Waals surface area contributed by atoms with Gasteiger partial charge in [0.15, 0.2) is 0 Å². The van der Waals surface area contributed by atoms with Crippen LogP contribution in [0.3, 0.4) is 0 Å². The monoisotopic (exact) mass is 242 g/mol. The average molecular weight is 242 g/mol. The number of rotatable bonds is 4. The zero-order valence-corrected chi connectivity index (χ0v) is 10.7. The molecule has 94 valence electrons. The van der Waals surface area contributed by atoms with Gasteiger partial charge in [0, 0.05) is 19.5 Å². The number of hydrogen-bond acceptors (Lipinski definition) is 3. The first-order valence-electron chi connectivity index (χ1n) is 5.97. The van der Waals surface area contributed by atoms with Crippen molar-refractivity contribution < 1.29 is 4.74 Å². The molecule has 0 spiro atoms. The van der Waals surface area contributed by atoms with Crippen LogP contribution in [-0.2, 0) is 4.74 Å². The maximum atomic E-state index is 6.29. The van der Waals surface area contributed by atoms with Crippen molar-refractivity contribution in [2.45, 2.75) is 19.1 Å². The second-order valence-corrected chi connectivity index (χ2v) is 4.39. The van der Waals surface area contributed by atoms with E-state index in [1.165, 1.54) is 0 Å². The normalized spacial score (nSPS) is 14.2. The lowest BCUT2D eigenvalue weighted by Gasteiger charge is -2.23. The van der Waals surface area contributed by atoms with Gasteiger partial charge in [-0.15, -0.1) is 0 Å². The van der Waals surface area contributed by atoms with Gasteiger partial charge in [-0.05, 0) is 23.6 Å². The molecule has 3 heteroatoms. The number of benzene rings is 1. The highest BCUT2D eigenvalue weighted by atomic mass is 16.5. The third kappa shape index (κ3) is 2.75. The smallest absolute Gasteiger partial charge is 0.101 e. The number of aromatic nitrogens is 1. The van der Waals surface area contributed by atoms with E-state index in [1.54, 1.807) is 13.3 Å². The van der Waals surface area contributed by atoms with E-state index in [1.807, 2.05) is 49.5 Å². The van der Waals surface area contributed by atoms with Crippen LogP contribution in [0, 0.1) is 6.92 Å². The Balaban J connectivity index is 2.28. The van der Waals surface area contributed by atoms with Gasteiger partial charge in [0.1, 0.15) is 6.10 Å². The van der Waals surface area contributed by atoms with E-state index in [0.717, 1.165) is 16.7 Å². The highest BCUT2D eigenvalue weighted by molar-refractivity contribution is 5.26. The van der Waals surface area contributed by atoms with Crippen LogP contribution in [0.15, 0.2) is 48.8 Å². The number of nitrogens with zero attached hydrogens (tertiary/aromatic N) is 1. The number of pyridine rings is 1. The first-order chi connectivity index (χ1) is 8.72. The number of hydrogen-bond donors (Lipinski definition) is 1. The second-order valence-electron chi connectivity index (χ2n) is 4.39. The molecule has 1 aromatic carbocycles. The molecule has 2 N–H and O–H groups in total. The molecule has 0 aliphatic carbocycles. The Bertz CT molecular complexity index is 499. The summed E-state index contributed by atoms with van der Waals surface area (Å²) < 4.78 is 5.54. The van der Waals surface area contributed by atoms with Crippen LogP contribution in [-0.4, -0.2) is 12.1 Å². The Morgan fingerprint density at radius 3 is 2.44 bits per heavy atom. The molecule has 2 rings (SSSR count). The van der Waals surface area contributed by atoms with Gasteiger partial charge in [-0.25, -0.2) is 0 Å². The quantitative estimate of drug-likeness (QED) is 0.896. The Labute approximate surface area is 108 Å². The van der Waals surface area contributed by atoms with Crippen molar-refractivity contribution in [3.8, 4) is 0 Å². The van der Waals surface area contributed by atoms with E-state index in [9.17, 15) is 0 Å². The van der Waals surface area contributed by atoms with Crippen LogP contribution >= 0.6 is 0 Å². The summed E-state index contributed by atoms with van der Waals surface area (Å²) in [6.07, 6.45) is 3.46. The van der Waals surface area contributed by atoms with Gasteiger partial charge in [0.05, 0.1) is 6.04 Å². The van der Waals surface area contributed by atoms with Crippen molar-refractivity contribution in [2.75, 3.05) is 7.11 Å². The first kappa shape index (κ1) is 12.7. The number of aryl methyl sites for hydroxylation is 1. The summed E-state index contributed by atoms with van der Waals surface area (Å²) in [6, 6.07) is 11.8. The fourth-order valence-electron chi connectivity index (χ4n) is 2.07. The standard InChI is InChI=1S/C15H18N2O/c1-11-8-13(10-17-9-11)14(16)15(18-2)12-6-4-3-5-7-12/h3-10,14-15H,16H2,1-2H3. The van der Waals surface area contributed by atoms with Crippen molar-refractivity contribution in [3.63, 3.8) is 0 Å². The summed E-state index contributed by atoms with van der Waals surface area (Å²) in [6.45, 7) is 2.01. The highest BCUT2D eigenvalue weighted by Crippen LogP contribution is 2.29. The zero-order valence-electron chi connectivity index (χ0n) is 10.7. The lowest BCUT2D eigenvalue weighted by atomic mass is 9.97. The van der Waals surface area contributed by atoms with Crippen molar-refractivity contribution in [1.82, 2.24) is 4.98 Å². The molecule has 2 unspecified atom stereocenters. The summed E-state index contributed by atoms with van der Waals surface area (Å²) in [5, 5.41) is 0. The van der Waals surface area contributed by atoms with Crippen molar-refractivity contribution in [3.05, 3.63) is 65.5 Å². The molecule has 1 aromatic heterocycles. The van der Waals surface area contributed by atoms with Crippen molar-refractivity contribution >= 4 is 0 Å². The summed E-state index contributed by atoms with van der Waals surface area (Å²) in [5.74, 6) is 0. The van der Waals surface area contributed by atoms with Gasteiger partial charge in [0.25, 0.3) is 0 Å². The lowest BCUT2D eigenvalue weighted by Crippen LogP contribution is -2.21. The van der Waals surface area contributed by atoms with Crippen LogP contribution in [0.25, 0.3) is 0 Å². The Kier molecular flexibility index (Phi) is 4.07. The second kappa shape index (κ2) is 5.76. The predicted molar refractivity (Wildman–Crippen MR) is 72.1 cm³/mol. The van der Waals surface area contributed by atoms with Crippen LogP contribution < -0.4 is 5.73 Å². The SMILES string of the molecule is COC(c1ccccc1)C(N)c1cncc(C)c1. The van der Waals surface area contributed by atoms with E-state index < -0.39 is 0 Å². The van der Waals surface area contributed by atoms with Crippen LogP contribution in [0.2, 0.25) is 0 Å². The van der Waals surface area contributed by atoms with Gasteiger partial charge in [0.2, 0.25) is 0 Å². The molecule has 3 nitrogen and oxygen atoms in total. The molecule has 0 aliphatic heterocycles. The van der Waals surface area contributed by atoms with Crippen molar-refractivity contribution in [1.29, 1.82) is 0 Å². The molecule has 0 saturated carbocycles. The maximum Gasteiger partial charge on any atom is 0.101 e. The molecule has 0 fully saturated rings. The van der Waals surface area contributed by atoms with E-state index in [0.29, 0.717) is 0 Å². The van der Waals surface area contributed by atoms with Crippen molar-refractivity contribution in [2.24, 2.45) is 5.73 Å². The van der Waals surface area contributed by atoms with Gasteiger partial charge in [-0.2, -0.15) is 0 Å². The molecule has 0 amide bonds. The molecule has 0 saturated heterocycles. The minimum atomic E-state index is -0.218. The third-order valence-electron chi connectivity index (χ3n) is 2.99. The van der Waals surface area contributed by atoms with Crippen LogP contribution in [0.4, 0.5) is 0 Å². The fraction of sp³-hybridized carbons (Fsp3) is 0.267. The fourth-order valence-corrected chi connectivity index (χ4v) is 2.07. The van der Waals surface area contributed by atoms with Gasteiger partial charge < -0.3 is 10.5 Å². The largest absolute Gasteiger partial charge is 0.375 e. The molecule has 0 bridgehead atoms. The molecular weight excluding hydrogens is 224 g/mol. The molecular formula is C15H18N2O. The lowest BCUT2D eigenvalue weighted by molar-refractivity contribution is 0.0801. The minimum absolute atomic E-state index is 0.158. The summed E-state index contributed by atoms with van der Waals surface area (Å²) in [7, 11) is 1.68. The van der Waals surface area contributed by atoms with Crippen LogP contribution in [0.1, 0.15) is 28.8 Å².